The van der Waals surface area contributed by atoms with E-state index in [0.717, 1.165) is 19.3 Å². The van der Waals surface area contributed by atoms with Crippen molar-refractivity contribution in [1.29, 1.82) is 0 Å². The normalized spacial score (nSPS) is 28.7. The van der Waals surface area contributed by atoms with Gasteiger partial charge in [-0.05, 0) is 37.3 Å². The van der Waals surface area contributed by atoms with Gasteiger partial charge in [-0.3, -0.25) is 4.79 Å². The number of hydrogen-bond donors (Lipinski definition) is 3. The highest BCUT2D eigenvalue weighted by Crippen LogP contribution is 2.44. The molecule has 3 rings (SSSR count). The maximum absolute atomic E-state index is 12.5. The summed E-state index contributed by atoms with van der Waals surface area (Å²) in [4.78, 5) is 23.8. The van der Waals surface area contributed by atoms with Crippen LogP contribution in [0.5, 0.6) is 5.75 Å². The molecule has 0 spiro atoms. The molecule has 2 bridgehead atoms. The van der Waals surface area contributed by atoms with Gasteiger partial charge in [0, 0.05) is 12.0 Å². The summed E-state index contributed by atoms with van der Waals surface area (Å²) in [6.45, 7) is 0. The molecule has 2 aliphatic carbocycles. The van der Waals surface area contributed by atoms with Gasteiger partial charge in [-0.15, -0.1) is 0 Å². The topological polar surface area (TPSA) is 95.9 Å². The quantitative estimate of drug-likeness (QED) is 0.779. The second-order valence-corrected chi connectivity index (χ2v) is 6.60. The second kappa shape index (κ2) is 6.02. The SMILES string of the molecule is COc1cc(C(=O)O)c(Cl)c(C(=O)N[C@@H]2C[C@H]3C[C@@H]2[C@@H](O)C3)c1. The Morgan fingerprint density at radius 3 is 2.52 bits per heavy atom. The number of aliphatic hydroxyl groups excluding tert-OH is 1. The fourth-order valence-electron chi connectivity index (χ4n) is 3.76. The van der Waals surface area contributed by atoms with E-state index in [-0.39, 0.29) is 40.0 Å². The number of halogens is 1. The molecule has 0 unspecified atom stereocenters. The summed E-state index contributed by atoms with van der Waals surface area (Å²) >= 11 is 6.07. The number of benzene rings is 1. The van der Waals surface area contributed by atoms with Crippen LogP contribution >= 0.6 is 11.6 Å². The first-order valence-electron chi connectivity index (χ1n) is 7.50. The fraction of sp³-hybridized carbons (Fsp3) is 0.500. The number of aromatic carboxylic acids is 1. The Kier molecular flexibility index (Phi) is 4.21. The summed E-state index contributed by atoms with van der Waals surface area (Å²) in [6.07, 6.45) is 2.16. The minimum Gasteiger partial charge on any atom is -0.497 e. The Bertz CT molecular complexity index is 662. The number of carbonyl (C=O) groups is 2. The molecule has 7 heteroatoms. The maximum Gasteiger partial charge on any atom is 0.337 e. The summed E-state index contributed by atoms with van der Waals surface area (Å²) in [5.74, 6) is -0.910. The molecule has 1 aromatic carbocycles. The number of rotatable bonds is 4. The first-order valence-corrected chi connectivity index (χ1v) is 7.88. The van der Waals surface area contributed by atoms with Gasteiger partial charge in [-0.2, -0.15) is 0 Å². The molecule has 3 N–H and O–H groups in total. The van der Waals surface area contributed by atoms with Crippen molar-refractivity contribution < 1.29 is 24.5 Å². The van der Waals surface area contributed by atoms with Gasteiger partial charge in [0.25, 0.3) is 5.91 Å². The first-order chi connectivity index (χ1) is 10.9. The minimum atomic E-state index is -1.22. The lowest BCUT2D eigenvalue weighted by atomic mass is 9.92. The number of carbonyl (C=O) groups excluding carboxylic acids is 1. The number of carboxylic acids is 1. The highest BCUT2D eigenvalue weighted by molar-refractivity contribution is 6.36. The zero-order valence-corrected chi connectivity index (χ0v) is 13.3. The van der Waals surface area contributed by atoms with Gasteiger partial charge in [0.15, 0.2) is 0 Å². The highest BCUT2D eigenvalue weighted by Gasteiger charge is 2.46. The Morgan fingerprint density at radius 1 is 1.26 bits per heavy atom. The van der Waals surface area contributed by atoms with Gasteiger partial charge in [0.1, 0.15) is 5.75 Å². The van der Waals surface area contributed by atoms with Crippen molar-refractivity contribution in [2.75, 3.05) is 7.11 Å². The van der Waals surface area contributed by atoms with Crippen LogP contribution in [0.3, 0.4) is 0 Å². The molecule has 6 nitrogen and oxygen atoms in total. The third-order valence-corrected chi connectivity index (χ3v) is 5.26. The van der Waals surface area contributed by atoms with Crippen molar-refractivity contribution >= 4 is 23.5 Å². The van der Waals surface area contributed by atoms with Crippen LogP contribution in [0.15, 0.2) is 12.1 Å². The standard InChI is InChI=1S/C16H18ClNO5/c1-23-8-5-10(14(17)11(6-8)16(21)22)15(20)18-12-3-7-2-9(12)13(19)4-7/h5-7,9,12-13,19H,2-4H2,1H3,(H,18,20)(H,21,22)/t7-,9+,12-,13+/m1/s1. The number of ether oxygens (including phenoxy) is 1. The molecule has 2 aliphatic rings. The monoisotopic (exact) mass is 339 g/mol. The number of methoxy groups -OCH3 is 1. The van der Waals surface area contributed by atoms with Crippen molar-refractivity contribution in [2.24, 2.45) is 11.8 Å². The van der Waals surface area contributed by atoms with Crippen LogP contribution in [0.4, 0.5) is 0 Å². The van der Waals surface area contributed by atoms with E-state index in [1.165, 1.54) is 19.2 Å². The van der Waals surface area contributed by atoms with Gasteiger partial charge in [-0.25, -0.2) is 4.79 Å². The van der Waals surface area contributed by atoms with Crippen LogP contribution in [0.1, 0.15) is 40.0 Å². The summed E-state index contributed by atoms with van der Waals surface area (Å²) in [5.41, 5.74) is -0.107. The summed E-state index contributed by atoms with van der Waals surface area (Å²) in [6, 6.07) is 2.60. The molecule has 1 aromatic rings. The molecular formula is C16H18ClNO5. The van der Waals surface area contributed by atoms with Crippen LogP contribution < -0.4 is 10.1 Å². The van der Waals surface area contributed by atoms with Crippen LogP contribution in [0.25, 0.3) is 0 Å². The maximum atomic E-state index is 12.5. The number of aliphatic hydroxyl groups is 1. The predicted molar refractivity (Wildman–Crippen MR) is 83.1 cm³/mol. The van der Waals surface area contributed by atoms with E-state index in [0.29, 0.717) is 5.92 Å². The van der Waals surface area contributed by atoms with Gasteiger partial charge < -0.3 is 20.3 Å². The Balaban J connectivity index is 1.85. The predicted octanol–water partition coefficient (Wildman–Crippen LogP) is 1.94. The Labute approximate surface area is 138 Å². The van der Waals surface area contributed by atoms with Gasteiger partial charge >= 0.3 is 5.97 Å². The average molecular weight is 340 g/mol. The summed E-state index contributed by atoms with van der Waals surface area (Å²) in [5, 5.41) is 21.9. The largest absolute Gasteiger partial charge is 0.497 e. The molecule has 2 fully saturated rings. The number of nitrogens with one attached hydrogen (secondary N) is 1. The molecule has 4 atom stereocenters. The van der Waals surface area contributed by atoms with E-state index in [1.807, 2.05) is 0 Å². The average Bonchev–Trinajstić information content (AvgIpc) is 3.05. The van der Waals surface area contributed by atoms with E-state index >= 15 is 0 Å². The Hall–Kier alpha value is -1.79. The number of carboxylic acid groups (broad SMARTS) is 1. The van der Waals surface area contributed by atoms with Crippen LogP contribution in [0.2, 0.25) is 5.02 Å². The van der Waals surface area contributed by atoms with Gasteiger partial charge in [0.05, 0.1) is 29.4 Å². The van der Waals surface area contributed by atoms with Crippen molar-refractivity contribution in [1.82, 2.24) is 5.32 Å². The molecule has 1 amide bonds. The molecular weight excluding hydrogens is 322 g/mol. The lowest BCUT2D eigenvalue weighted by Crippen LogP contribution is -2.43. The number of amides is 1. The molecule has 0 saturated heterocycles. The van der Waals surface area contributed by atoms with Crippen molar-refractivity contribution in [3.05, 3.63) is 28.3 Å². The van der Waals surface area contributed by atoms with Crippen LogP contribution in [-0.2, 0) is 0 Å². The fourth-order valence-corrected chi connectivity index (χ4v) is 4.04. The molecule has 0 radical (unpaired) electrons. The zero-order valence-electron chi connectivity index (χ0n) is 12.6. The van der Waals surface area contributed by atoms with E-state index in [4.69, 9.17) is 16.3 Å². The van der Waals surface area contributed by atoms with E-state index in [9.17, 15) is 19.8 Å². The van der Waals surface area contributed by atoms with E-state index in [2.05, 4.69) is 5.32 Å². The zero-order chi connectivity index (χ0) is 16.7. The van der Waals surface area contributed by atoms with Gasteiger partial charge in [0.2, 0.25) is 0 Å². The first kappa shape index (κ1) is 16.1. The lowest BCUT2D eigenvalue weighted by Gasteiger charge is -2.27. The van der Waals surface area contributed by atoms with E-state index in [1.54, 1.807) is 0 Å². The second-order valence-electron chi connectivity index (χ2n) is 6.23. The van der Waals surface area contributed by atoms with Gasteiger partial charge in [-0.1, -0.05) is 11.6 Å². The van der Waals surface area contributed by atoms with Crippen molar-refractivity contribution in [2.45, 2.75) is 31.4 Å². The molecule has 124 valence electrons. The third-order valence-electron chi connectivity index (χ3n) is 4.85. The van der Waals surface area contributed by atoms with Crippen molar-refractivity contribution in [3.8, 4) is 5.75 Å². The third kappa shape index (κ3) is 2.88. The molecule has 0 aliphatic heterocycles. The molecule has 0 heterocycles. The van der Waals surface area contributed by atoms with E-state index < -0.39 is 11.9 Å². The minimum absolute atomic E-state index is 0.0623. The van der Waals surface area contributed by atoms with Crippen LogP contribution in [0, 0.1) is 11.8 Å². The molecule has 0 aromatic heterocycles. The summed E-state index contributed by atoms with van der Waals surface area (Å²) in [7, 11) is 1.39. The summed E-state index contributed by atoms with van der Waals surface area (Å²) < 4.78 is 5.05. The highest BCUT2D eigenvalue weighted by atomic mass is 35.5. The Morgan fingerprint density at radius 2 is 1.96 bits per heavy atom. The van der Waals surface area contributed by atoms with Crippen LogP contribution in [-0.4, -0.2) is 41.3 Å². The number of hydrogen-bond acceptors (Lipinski definition) is 4. The number of fused-ring (bicyclic) bond motifs is 2. The smallest absolute Gasteiger partial charge is 0.337 e. The molecule has 2 saturated carbocycles. The lowest BCUT2D eigenvalue weighted by molar-refractivity contribution is 0.0696. The molecule has 23 heavy (non-hydrogen) atoms. The van der Waals surface area contributed by atoms with Crippen molar-refractivity contribution in [3.63, 3.8) is 0 Å².